The van der Waals surface area contributed by atoms with E-state index in [1.165, 1.54) is 7.11 Å². The van der Waals surface area contributed by atoms with E-state index in [0.29, 0.717) is 22.1 Å². The Kier molecular flexibility index (Phi) is 5.45. The number of urea groups is 1. The molecule has 1 aliphatic rings. The Labute approximate surface area is 168 Å². The van der Waals surface area contributed by atoms with Gasteiger partial charge in [0, 0.05) is 5.56 Å². The Balaban J connectivity index is 1.76. The zero-order chi connectivity index (χ0) is 21.2. The molecular weight excluding hydrogens is 374 g/mol. The number of nitrogens with one attached hydrogen (secondary N) is 2. The number of imide groups is 1. The van der Waals surface area contributed by atoms with Crippen molar-refractivity contribution in [2.24, 2.45) is 0 Å². The van der Waals surface area contributed by atoms with Gasteiger partial charge in [-0.05, 0) is 62.7 Å². The summed E-state index contributed by atoms with van der Waals surface area (Å²) in [6.07, 6.45) is 0.00915. The van der Waals surface area contributed by atoms with Crippen molar-refractivity contribution in [1.29, 1.82) is 0 Å². The highest BCUT2D eigenvalue weighted by Crippen LogP contribution is 2.30. The van der Waals surface area contributed by atoms with Gasteiger partial charge in [-0.25, -0.2) is 4.79 Å². The standard InChI is InChI=1S/C21H23N3O5/c1-13(2)29-16-10-8-14(9-11-16)18(25)23-24-19(26)21(3,22-20(24)27)15-6-5-7-17(12-15)28-4/h5-13H,1-4H3,(H,22,27)(H,23,25)/t21-/m0/s1. The van der Waals surface area contributed by atoms with Gasteiger partial charge < -0.3 is 14.8 Å². The smallest absolute Gasteiger partial charge is 0.344 e. The van der Waals surface area contributed by atoms with E-state index in [0.717, 1.165) is 0 Å². The Bertz CT molecular complexity index is 942. The molecule has 152 valence electrons. The van der Waals surface area contributed by atoms with Crippen LogP contribution in [0.1, 0.15) is 36.7 Å². The lowest BCUT2D eigenvalue weighted by Gasteiger charge is -2.22. The predicted molar refractivity (Wildman–Crippen MR) is 105 cm³/mol. The highest BCUT2D eigenvalue weighted by molar-refractivity contribution is 6.09. The van der Waals surface area contributed by atoms with Crippen LogP contribution in [-0.2, 0) is 10.3 Å². The summed E-state index contributed by atoms with van der Waals surface area (Å²) in [5.74, 6) is -0.00235. The van der Waals surface area contributed by atoms with E-state index in [-0.39, 0.29) is 11.7 Å². The number of carbonyl (C=O) groups excluding carboxylic acids is 3. The molecule has 0 aromatic heterocycles. The number of rotatable bonds is 6. The zero-order valence-corrected chi connectivity index (χ0v) is 16.7. The summed E-state index contributed by atoms with van der Waals surface area (Å²) in [5.41, 5.74) is 1.88. The first kappa shape index (κ1) is 20.2. The topological polar surface area (TPSA) is 97.0 Å². The molecule has 1 aliphatic heterocycles. The Morgan fingerprint density at radius 3 is 2.41 bits per heavy atom. The molecule has 0 spiro atoms. The van der Waals surface area contributed by atoms with E-state index < -0.39 is 23.4 Å². The van der Waals surface area contributed by atoms with Gasteiger partial charge in [0.1, 0.15) is 17.0 Å². The van der Waals surface area contributed by atoms with Crippen molar-refractivity contribution in [2.75, 3.05) is 7.11 Å². The highest BCUT2D eigenvalue weighted by atomic mass is 16.5. The van der Waals surface area contributed by atoms with Crippen molar-refractivity contribution >= 4 is 17.8 Å². The molecule has 0 radical (unpaired) electrons. The fourth-order valence-electron chi connectivity index (χ4n) is 2.99. The molecule has 1 saturated heterocycles. The number of ether oxygens (including phenoxy) is 2. The second-order valence-corrected chi connectivity index (χ2v) is 7.06. The third kappa shape index (κ3) is 4.01. The van der Waals surface area contributed by atoms with Gasteiger partial charge in [0.2, 0.25) is 0 Å². The van der Waals surface area contributed by atoms with E-state index in [4.69, 9.17) is 9.47 Å². The molecule has 3 rings (SSSR count). The summed E-state index contributed by atoms with van der Waals surface area (Å²) in [7, 11) is 1.51. The normalized spacial score (nSPS) is 18.6. The number of methoxy groups -OCH3 is 1. The first-order valence-corrected chi connectivity index (χ1v) is 9.13. The lowest BCUT2D eigenvalue weighted by Crippen LogP contribution is -2.47. The summed E-state index contributed by atoms with van der Waals surface area (Å²) in [6, 6.07) is 12.5. The maximum atomic E-state index is 12.9. The van der Waals surface area contributed by atoms with Crippen LogP contribution in [-0.4, -0.2) is 36.1 Å². The maximum absolute atomic E-state index is 12.9. The number of hydrogen-bond donors (Lipinski definition) is 2. The zero-order valence-electron chi connectivity index (χ0n) is 16.7. The van der Waals surface area contributed by atoms with Crippen LogP contribution in [0.15, 0.2) is 48.5 Å². The van der Waals surface area contributed by atoms with Gasteiger partial charge in [0.25, 0.3) is 11.8 Å². The minimum atomic E-state index is -1.33. The second kappa shape index (κ2) is 7.83. The molecule has 2 aromatic rings. The van der Waals surface area contributed by atoms with Crippen LogP contribution in [0.2, 0.25) is 0 Å². The Morgan fingerprint density at radius 2 is 1.79 bits per heavy atom. The number of benzene rings is 2. The average molecular weight is 397 g/mol. The van der Waals surface area contributed by atoms with Gasteiger partial charge in [-0.15, -0.1) is 0 Å². The quantitative estimate of drug-likeness (QED) is 0.731. The fraction of sp³-hybridized carbons (Fsp3) is 0.286. The van der Waals surface area contributed by atoms with Crippen LogP contribution in [0, 0.1) is 0 Å². The van der Waals surface area contributed by atoms with E-state index in [2.05, 4.69) is 10.7 Å². The summed E-state index contributed by atoms with van der Waals surface area (Å²) in [4.78, 5) is 37.9. The third-order valence-electron chi connectivity index (χ3n) is 4.54. The number of amides is 4. The van der Waals surface area contributed by atoms with E-state index >= 15 is 0 Å². The van der Waals surface area contributed by atoms with Crippen LogP contribution in [0.3, 0.4) is 0 Å². The molecule has 0 unspecified atom stereocenters. The van der Waals surface area contributed by atoms with Gasteiger partial charge in [-0.3, -0.25) is 15.0 Å². The number of carbonyl (C=O) groups is 3. The number of hydrazine groups is 1. The first-order chi connectivity index (χ1) is 13.7. The number of nitrogens with zero attached hydrogens (tertiary/aromatic N) is 1. The molecule has 1 fully saturated rings. The minimum Gasteiger partial charge on any atom is -0.497 e. The minimum absolute atomic E-state index is 0.00915. The first-order valence-electron chi connectivity index (χ1n) is 9.13. The van der Waals surface area contributed by atoms with Crippen LogP contribution >= 0.6 is 0 Å². The molecule has 8 heteroatoms. The van der Waals surface area contributed by atoms with Gasteiger partial charge in [0.05, 0.1) is 13.2 Å². The lowest BCUT2D eigenvalue weighted by molar-refractivity contribution is -0.132. The second-order valence-electron chi connectivity index (χ2n) is 7.06. The molecule has 4 amide bonds. The van der Waals surface area contributed by atoms with E-state index in [9.17, 15) is 14.4 Å². The maximum Gasteiger partial charge on any atom is 0.344 e. The largest absolute Gasteiger partial charge is 0.497 e. The van der Waals surface area contributed by atoms with E-state index in [1.807, 2.05) is 13.8 Å². The summed E-state index contributed by atoms with van der Waals surface area (Å²) in [6.45, 7) is 5.38. The summed E-state index contributed by atoms with van der Waals surface area (Å²) >= 11 is 0. The molecule has 29 heavy (non-hydrogen) atoms. The predicted octanol–water partition coefficient (Wildman–Crippen LogP) is 2.59. The van der Waals surface area contributed by atoms with E-state index in [1.54, 1.807) is 55.5 Å². The molecule has 1 heterocycles. The SMILES string of the molecule is COc1cccc([C@]2(C)NC(=O)N(NC(=O)c3ccc(OC(C)C)cc3)C2=O)c1. The Hall–Kier alpha value is -3.55. The highest BCUT2D eigenvalue weighted by Gasteiger charge is 2.50. The summed E-state index contributed by atoms with van der Waals surface area (Å²) in [5, 5.41) is 3.33. The van der Waals surface area contributed by atoms with Crippen molar-refractivity contribution in [1.82, 2.24) is 15.8 Å². The fourth-order valence-corrected chi connectivity index (χ4v) is 2.99. The van der Waals surface area contributed by atoms with Crippen molar-refractivity contribution in [2.45, 2.75) is 32.4 Å². The van der Waals surface area contributed by atoms with Crippen LogP contribution in [0.5, 0.6) is 11.5 Å². The third-order valence-corrected chi connectivity index (χ3v) is 4.54. The van der Waals surface area contributed by atoms with Gasteiger partial charge in [-0.1, -0.05) is 12.1 Å². The van der Waals surface area contributed by atoms with Gasteiger partial charge >= 0.3 is 6.03 Å². The van der Waals surface area contributed by atoms with Crippen molar-refractivity contribution < 1.29 is 23.9 Å². The molecule has 8 nitrogen and oxygen atoms in total. The van der Waals surface area contributed by atoms with Crippen molar-refractivity contribution in [3.05, 3.63) is 59.7 Å². The van der Waals surface area contributed by atoms with Crippen molar-refractivity contribution in [3.63, 3.8) is 0 Å². The Morgan fingerprint density at radius 1 is 1.10 bits per heavy atom. The van der Waals surface area contributed by atoms with Gasteiger partial charge in [-0.2, -0.15) is 5.01 Å². The molecule has 1 atom stereocenters. The molecule has 0 saturated carbocycles. The van der Waals surface area contributed by atoms with Crippen LogP contribution < -0.4 is 20.2 Å². The van der Waals surface area contributed by atoms with Gasteiger partial charge in [0.15, 0.2) is 0 Å². The monoisotopic (exact) mass is 397 g/mol. The summed E-state index contributed by atoms with van der Waals surface area (Å²) < 4.78 is 10.7. The number of hydrogen-bond acceptors (Lipinski definition) is 5. The average Bonchev–Trinajstić information content (AvgIpc) is 2.92. The van der Waals surface area contributed by atoms with Crippen LogP contribution in [0.4, 0.5) is 4.79 Å². The molecular formula is C21H23N3O5. The molecule has 0 bridgehead atoms. The van der Waals surface area contributed by atoms with Crippen molar-refractivity contribution in [3.8, 4) is 11.5 Å². The lowest BCUT2D eigenvalue weighted by atomic mass is 9.92. The molecule has 2 aromatic carbocycles. The molecule has 0 aliphatic carbocycles. The molecule has 2 N–H and O–H groups in total. The van der Waals surface area contributed by atoms with Crippen LogP contribution in [0.25, 0.3) is 0 Å².